The molecule has 2 atom stereocenters. The molecule has 0 saturated carbocycles. The van der Waals surface area contributed by atoms with Crippen molar-refractivity contribution >= 4 is 0 Å². The summed E-state index contributed by atoms with van der Waals surface area (Å²) in [4.78, 5) is 2.45. The Kier molecular flexibility index (Phi) is 4.96. The molecule has 1 aliphatic rings. The minimum Gasteiger partial charge on any atom is -0.380 e. The molecular formula is C14H26N4O. The van der Waals surface area contributed by atoms with Crippen molar-refractivity contribution in [1.29, 1.82) is 0 Å². The summed E-state index contributed by atoms with van der Waals surface area (Å²) < 4.78 is 7.41. The zero-order chi connectivity index (χ0) is 13.8. The molecule has 0 amide bonds. The van der Waals surface area contributed by atoms with E-state index in [0.717, 1.165) is 31.6 Å². The molecule has 0 aliphatic carbocycles. The first-order valence-corrected chi connectivity index (χ1v) is 7.18. The maximum Gasteiger partial charge on any atom is 0.0698 e. The van der Waals surface area contributed by atoms with Gasteiger partial charge in [0, 0.05) is 39.0 Å². The average molecular weight is 266 g/mol. The van der Waals surface area contributed by atoms with Crippen LogP contribution in [0.25, 0.3) is 0 Å². The van der Waals surface area contributed by atoms with Crippen LogP contribution in [0.2, 0.25) is 0 Å². The third kappa shape index (κ3) is 3.16. The first-order valence-electron chi connectivity index (χ1n) is 7.18. The van der Waals surface area contributed by atoms with Gasteiger partial charge in [-0.3, -0.25) is 9.58 Å². The topological polar surface area (TPSA) is 56.3 Å². The molecule has 1 aromatic heterocycles. The quantitative estimate of drug-likeness (QED) is 0.867. The highest BCUT2D eigenvalue weighted by Gasteiger charge is 2.28. The Balaban J connectivity index is 2.18. The third-order valence-corrected chi connectivity index (χ3v) is 4.04. The number of rotatable bonds is 5. The van der Waals surface area contributed by atoms with Gasteiger partial charge >= 0.3 is 0 Å². The molecule has 2 heterocycles. The lowest BCUT2D eigenvalue weighted by Gasteiger charge is -2.37. The summed E-state index contributed by atoms with van der Waals surface area (Å²) in [7, 11) is 3.78. The molecule has 1 aromatic rings. The Morgan fingerprint density at radius 3 is 3.00 bits per heavy atom. The van der Waals surface area contributed by atoms with Crippen LogP contribution >= 0.6 is 0 Å². The molecule has 108 valence electrons. The Bertz CT molecular complexity index is 404. The van der Waals surface area contributed by atoms with Crippen LogP contribution < -0.4 is 5.73 Å². The number of likely N-dealkylation sites (tertiary alicyclic amines) is 1. The molecule has 1 fully saturated rings. The van der Waals surface area contributed by atoms with Crippen LogP contribution in [0.3, 0.4) is 0 Å². The van der Waals surface area contributed by atoms with Crippen molar-refractivity contribution in [3.8, 4) is 0 Å². The number of hydrogen-bond acceptors (Lipinski definition) is 4. The van der Waals surface area contributed by atoms with Crippen LogP contribution in [0.4, 0.5) is 0 Å². The van der Waals surface area contributed by atoms with Crippen molar-refractivity contribution in [3.05, 3.63) is 17.5 Å². The second kappa shape index (κ2) is 6.50. The highest BCUT2D eigenvalue weighted by Crippen LogP contribution is 2.26. The normalized spacial score (nSPS) is 22.6. The lowest BCUT2D eigenvalue weighted by Crippen LogP contribution is -2.43. The maximum atomic E-state index is 6.04. The van der Waals surface area contributed by atoms with Crippen LogP contribution in [-0.2, 0) is 18.2 Å². The van der Waals surface area contributed by atoms with E-state index in [1.165, 1.54) is 12.0 Å². The molecule has 5 heteroatoms. The van der Waals surface area contributed by atoms with E-state index >= 15 is 0 Å². The second-order valence-electron chi connectivity index (χ2n) is 5.30. The van der Waals surface area contributed by atoms with E-state index in [1.807, 2.05) is 11.7 Å². The largest absolute Gasteiger partial charge is 0.380 e. The molecule has 0 radical (unpaired) electrons. The van der Waals surface area contributed by atoms with Gasteiger partial charge in [0.15, 0.2) is 0 Å². The summed E-state index contributed by atoms with van der Waals surface area (Å²) in [6.07, 6.45) is 5.74. The fourth-order valence-corrected chi connectivity index (χ4v) is 3.02. The number of hydrogen-bond donors (Lipinski definition) is 1. The fourth-order valence-electron chi connectivity index (χ4n) is 3.02. The summed E-state index contributed by atoms with van der Waals surface area (Å²) in [6, 6.07) is 0.265. The van der Waals surface area contributed by atoms with Crippen LogP contribution in [0.1, 0.15) is 37.1 Å². The van der Waals surface area contributed by atoms with Gasteiger partial charge in [0.05, 0.1) is 17.8 Å². The van der Waals surface area contributed by atoms with Crippen LogP contribution in [-0.4, -0.2) is 47.5 Å². The number of methoxy groups -OCH3 is 1. The predicted molar refractivity (Wildman–Crippen MR) is 76.0 cm³/mol. The van der Waals surface area contributed by atoms with Crippen molar-refractivity contribution in [3.63, 3.8) is 0 Å². The zero-order valence-corrected chi connectivity index (χ0v) is 12.3. The van der Waals surface area contributed by atoms with E-state index in [2.05, 4.69) is 23.1 Å². The number of nitrogens with zero attached hydrogens (tertiary/aromatic N) is 3. The lowest BCUT2D eigenvalue weighted by atomic mass is 10.00. The van der Waals surface area contributed by atoms with E-state index < -0.39 is 0 Å². The van der Waals surface area contributed by atoms with E-state index in [4.69, 9.17) is 10.5 Å². The molecule has 2 unspecified atom stereocenters. The van der Waals surface area contributed by atoms with Crippen molar-refractivity contribution in [2.45, 2.75) is 38.3 Å². The Morgan fingerprint density at radius 1 is 1.58 bits per heavy atom. The molecule has 5 nitrogen and oxygen atoms in total. The molecule has 19 heavy (non-hydrogen) atoms. The molecule has 2 rings (SSSR count). The van der Waals surface area contributed by atoms with Crippen LogP contribution in [0, 0.1) is 0 Å². The fraction of sp³-hybridized carbons (Fsp3) is 0.786. The third-order valence-electron chi connectivity index (χ3n) is 4.04. The van der Waals surface area contributed by atoms with Crippen molar-refractivity contribution in [2.24, 2.45) is 12.8 Å². The van der Waals surface area contributed by atoms with Gasteiger partial charge in [-0.2, -0.15) is 5.10 Å². The molecule has 0 bridgehead atoms. The van der Waals surface area contributed by atoms with Gasteiger partial charge in [-0.25, -0.2) is 0 Å². The number of ether oxygens (including phenoxy) is 1. The summed E-state index contributed by atoms with van der Waals surface area (Å²) in [5.41, 5.74) is 8.48. The van der Waals surface area contributed by atoms with E-state index in [0.29, 0.717) is 12.6 Å². The van der Waals surface area contributed by atoms with Gasteiger partial charge in [-0.1, -0.05) is 6.92 Å². The van der Waals surface area contributed by atoms with Gasteiger partial charge in [-0.05, 0) is 25.8 Å². The SMILES string of the molecule is CCc1nn(C)cc1C(CN)N1CCCC(OC)C1. The van der Waals surface area contributed by atoms with E-state index in [1.54, 1.807) is 7.11 Å². The first-order chi connectivity index (χ1) is 9.19. The zero-order valence-electron chi connectivity index (χ0n) is 12.3. The maximum absolute atomic E-state index is 6.04. The summed E-state index contributed by atoms with van der Waals surface area (Å²) >= 11 is 0. The summed E-state index contributed by atoms with van der Waals surface area (Å²) in [5, 5.41) is 4.54. The Labute approximate surface area is 115 Å². The number of aromatic nitrogens is 2. The van der Waals surface area contributed by atoms with Gasteiger partial charge < -0.3 is 10.5 Å². The molecular weight excluding hydrogens is 240 g/mol. The van der Waals surface area contributed by atoms with Gasteiger partial charge in [-0.15, -0.1) is 0 Å². The molecule has 0 spiro atoms. The molecule has 0 aromatic carbocycles. The number of piperidine rings is 1. The highest BCUT2D eigenvalue weighted by molar-refractivity contribution is 5.22. The van der Waals surface area contributed by atoms with Crippen LogP contribution in [0.5, 0.6) is 0 Å². The Morgan fingerprint density at radius 2 is 2.37 bits per heavy atom. The molecule has 1 aliphatic heterocycles. The van der Waals surface area contributed by atoms with Crippen LogP contribution in [0.15, 0.2) is 6.20 Å². The van der Waals surface area contributed by atoms with E-state index in [-0.39, 0.29) is 6.04 Å². The lowest BCUT2D eigenvalue weighted by molar-refractivity contribution is 0.0153. The number of aryl methyl sites for hydroxylation is 2. The Hall–Kier alpha value is -0.910. The summed E-state index contributed by atoms with van der Waals surface area (Å²) in [6.45, 7) is 4.85. The highest BCUT2D eigenvalue weighted by atomic mass is 16.5. The molecule has 2 N–H and O–H groups in total. The van der Waals surface area contributed by atoms with Crippen molar-refractivity contribution in [1.82, 2.24) is 14.7 Å². The predicted octanol–water partition coefficient (Wildman–Crippen LogP) is 1.09. The first kappa shape index (κ1) is 14.5. The number of nitrogens with two attached hydrogens (primary N) is 1. The smallest absolute Gasteiger partial charge is 0.0698 e. The second-order valence-corrected chi connectivity index (χ2v) is 5.30. The van der Waals surface area contributed by atoms with Crippen molar-refractivity contribution in [2.75, 3.05) is 26.7 Å². The average Bonchev–Trinajstić information content (AvgIpc) is 2.81. The van der Waals surface area contributed by atoms with Gasteiger partial charge in [0.2, 0.25) is 0 Å². The summed E-state index contributed by atoms with van der Waals surface area (Å²) in [5.74, 6) is 0. The molecule has 1 saturated heterocycles. The van der Waals surface area contributed by atoms with Crippen molar-refractivity contribution < 1.29 is 4.74 Å². The van der Waals surface area contributed by atoms with Gasteiger partial charge in [0.1, 0.15) is 0 Å². The monoisotopic (exact) mass is 266 g/mol. The van der Waals surface area contributed by atoms with E-state index in [9.17, 15) is 0 Å². The standard InChI is InChI=1S/C14H26N4O/c1-4-13-12(10-17(2)16-13)14(8-15)18-7-5-6-11(9-18)19-3/h10-11,14H,4-9,15H2,1-3H3. The minimum atomic E-state index is 0.265. The van der Waals surface area contributed by atoms with Gasteiger partial charge in [0.25, 0.3) is 0 Å². The minimum absolute atomic E-state index is 0.265.